The predicted molar refractivity (Wildman–Crippen MR) is 112 cm³/mol. The Morgan fingerprint density at radius 2 is 1.83 bits per heavy atom. The standard InChI is InChI=1S/C21H24N4O4/c1-22(2)12-5-13-23-18(15-26)14-24(20-7-4-3-6-19(20)23)21(27)16-8-10-17(11-9-16)25(28)29/h3-4,6-11,15,18H,5,12-14H2,1-2H3. The van der Waals surface area contributed by atoms with Gasteiger partial charge in [0.15, 0.2) is 0 Å². The molecule has 0 aromatic heterocycles. The van der Waals surface area contributed by atoms with Crippen molar-refractivity contribution >= 4 is 29.3 Å². The molecule has 0 aliphatic carbocycles. The molecule has 0 bridgehead atoms. The first kappa shape index (κ1) is 20.5. The summed E-state index contributed by atoms with van der Waals surface area (Å²) in [6.07, 6.45) is 1.77. The van der Waals surface area contributed by atoms with Gasteiger partial charge in [-0.05, 0) is 51.3 Å². The quantitative estimate of drug-likeness (QED) is 0.406. The Morgan fingerprint density at radius 3 is 2.41 bits per heavy atom. The van der Waals surface area contributed by atoms with E-state index in [1.807, 2.05) is 43.3 Å². The van der Waals surface area contributed by atoms with Gasteiger partial charge in [-0.1, -0.05) is 12.1 Å². The molecule has 2 aromatic rings. The number of nitrogens with zero attached hydrogens (tertiary/aromatic N) is 4. The van der Waals surface area contributed by atoms with Gasteiger partial charge in [0.05, 0.1) is 22.8 Å². The lowest BCUT2D eigenvalue weighted by Gasteiger charge is -2.41. The van der Waals surface area contributed by atoms with Gasteiger partial charge >= 0.3 is 0 Å². The fraction of sp³-hybridized carbons (Fsp3) is 0.333. The van der Waals surface area contributed by atoms with Gasteiger partial charge in [-0.15, -0.1) is 0 Å². The number of hydrogen-bond acceptors (Lipinski definition) is 6. The third kappa shape index (κ3) is 4.43. The van der Waals surface area contributed by atoms with Crippen molar-refractivity contribution in [2.45, 2.75) is 12.5 Å². The third-order valence-corrected chi connectivity index (χ3v) is 4.98. The lowest BCUT2D eigenvalue weighted by Crippen LogP contribution is -2.52. The summed E-state index contributed by atoms with van der Waals surface area (Å²) in [5, 5.41) is 10.9. The van der Waals surface area contributed by atoms with Crippen molar-refractivity contribution < 1.29 is 14.5 Å². The van der Waals surface area contributed by atoms with Gasteiger partial charge in [0.1, 0.15) is 12.3 Å². The maximum Gasteiger partial charge on any atom is 0.269 e. The van der Waals surface area contributed by atoms with Crippen LogP contribution in [0.5, 0.6) is 0 Å². The number of amides is 1. The highest BCUT2D eigenvalue weighted by Crippen LogP contribution is 2.36. The molecule has 0 spiro atoms. The molecule has 1 unspecified atom stereocenters. The number of benzene rings is 2. The van der Waals surface area contributed by atoms with E-state index in [4.69, 9.17) is 0 Å². The summed E-state index contributed by atoms with van der Waals surface area (Å²) >= 11 is 0. The fourth-order valence-corrected chi connectivity index (χ4v) is 3.53. The monoisotopic (exact) mass is 396 g/mol. The van der Waals surface area contributed by atoms with Crippen LogP contribution < -0.4 is 9.80 Å². The maximum absolute atomic E-state index is 13.1. The molecule has 0 N–H and O–H groups in total. The zero-order chi connectivity index (χ0) is 21.0. The first-order valence-corrected chi connectivity index (χ1v) is 9.44. The molecule has 0 saturated carbocycles. The predicted octanol–water partition coefficient (Wildman–Crippen LogP) is 2.58. The van der Waals surface area contributed by atoms with E-state index in [9.17, 15) is 19.7 Å². The van der Waals surface area contributed by atoms with E-state index in [-0.39, 0.29) is 18.1 Å². The lowest BCUT2D eigenvalue weighted by molar-refractivity contribution is -0.384. The average Bonchev–Trinajstić information content (AvgIpc) is 2.73. The van der Waals surface area contributed by atoms with E-state index in [0.29, 0.717) is 12.1 Å². The molecule has 2 aromatic carbocycles. The Hall–Kier alpha value is -3.26. The molecule has 3 rings (SSSR count). The average molecular weight is 396 g/mol. The zero-order valence-electron chi connectivity index (χ0n) is 16.5. The summed E-state index contributed by atoms with van der Waals surface area (Å²) in [4.78, 5) is 41.0. The molecule has 0 saturated heterocycles. The van der Waals surface area contributed by atoms with Gasteiger partial charge in [-0.3, -0.25) is 14.9 Å². The summed E-state index contributed by atoms with van der Waals surface area (Å²) in [7, 11) is 4.01. The van der Waals surface area contributed by atoms with E-state index in [1.165, 1.54) is 24.3 Å². The van der Waals surface area contributed by atoms with Crippen LogP contribution in [0.25, 0.3) is 0 Å². The molecule has 1 atom stereocenters. The molecule has 0 fully saturated rings. The van der Waals surface area contributed by atoms with Crippen LogP contribution in [-0.4, -0.2) is 61.8 Å². The molecular weight excluding hydrogens is 372 g/mol. The number of fused-ring (bicyclic) bond motifs is 1. The van der Waals surface area contributed by atoms with Crippen molar-refractivity contribution in [2.75, 3.05) is 43.5 Å². The van der Waals surface area contributed by atoms with Gasteiger partial charge in [0.25, 0.3) is 11.6 Å². The van der Waals surface area contributed by atoms with Crippen molar-refractivity contribution in [2.24, 2.45) is 0 Å². The number of nitro benzene ring substituents is 1. The van der Waals surface area contributed by atoms with Crippen LogP contribution in [0.1, 0.15) is 16.8 Å². The van der Waals surface area contributed by atoms with Crippen molar-refractivity contribution in [3.63, 3.8) is 0 Å². The minimum Gasteiger partial charge on any atom is -0.358 e. The zero-order valence-corrected chi connectivity index (χ0v) is 16.5. The number of nitro groups is 1. The first-order valence-electron chi connectivity index (χ1n) is 9.44. The van der Waals surface area contributed by atoms with Crippen LogP contribution in [0.4, 0.5) is 17.1 Å². The highest BCUT2D eigenvalue weighted by Gasteiger charge is 2.33. The normalized spacial score (nSPS) is 15.9. The molecule has 8 nitrogen and oxygen atoms in total. The minimum atomic E-state index is -0.502. The number of non-ortho nitro benzene ring substituents is 1. The number of aldehydes is 1. The number of anilines is 2. The second-order valence-electron chi connectivity index (χ2n) is 7.26. The van der Waals surface area contributed by atoms with E-state index in [0.717, 1.165) is 30.6 Å². The van der Waals surface area contributed by atoms with Crippen LogP contribution in [0, 0.1) is 10.1 Å². The van der Waals surface area contributed by atoms with Crippen LogP contribution >= 0.6 is 0 Å². The van der Waals surface area contributed by atoms with Crippen molar-refractivity contribution in [1.29, 1.82) is 0 Å². The van der Waals surface area contributed by atoms with Crippen molar-refractivity contribution in [1.82, 2.24) is 4.90 Å². The van der Waals surface area contributed by atoms with Crippen molar-refractivity contribution in [3.05, 3.63) is 64.2 Å². The maximum atomic E-state index is 13.1. The van der Waals surface area contributed by atoms with Crippen LogP contribution in [0.15, 0.2) is 48.5 Å². The largest absolute Gasteiger partial charge is 0.358 e. The van der Waals surface area contributed by atoms with E-state index >= 15 is 0 Å². The molecule has 29 heavy (non-hydrogen) atoms. The van der Waals surface area contributed by atoms with E-state index < -0.39 is 11.0 Å². The highest BCUT2D eigenvalue weighted by molar-refractivity contribution is 6.09. The number of carbonyl (C=O) groups is 2. The summed E-state index contributed by atoms with van der Waals surface area (Å²) < 4.78 is 0. The second kappa shape index (κ2) is 8.83. The number of carbonyl (C=O) groups excluding carboxylic acids is 2. The topological polar surface area (TPSA) is 87.0 Å². The van der Waals surface area contributed by atoms with E-state index in [1.54, 1.807) is 4.90 Å². The molecule has 1 aliphatic heterocycles. The molecule has 152 valence electrons. The lowest BCUT2D eigenvalue weighted by atomic mass is 10.0. The minimum absolute atomic E-state index is 0.0709. The molecule has 8 heteroatoms. The Balaban J connectivity index is 1.90. The van der Waals surface area contributed by atoms with Gasteiger partial charge in [-0.25, -0.2) is 0 Å². The number of para-hydroxylation sites is 2. The Kier molecular flexibility index (Phi) is 6.23. The SMILES string of the molecule is CN(C)CCCN1c2ccccc2N(C(=O)c2ccc([N+](=O)[O-])cc2)CC1C=O. The Bertz CT molecular complexity index is 898. The molecule has 0 radical (unpaired) electrons. The number of hydrogen-bond donors (Lipinski definition) is 0. The summed E-state index contributed by atoms with van der Waals surface area (Å²) in [5.41, 5.74) is 1.85. The van der Waals surface area contributed by atoms with Crippen LogP contribution in [0.3, 0.4) is 0 Å². The smallest absolute Gasteiger partial charge is 0.269 e. The van der Waals surface area contributed by atoms with Crippen molar-refractivity contribution in [3.8, 4) is 0 Å². The van der Waals surface area contributed by atoms with Gasteiger partial charge in [0.2, 0.25) is 0 Å². The molecule has 1 amide bonds. The Morgan fingerprint density at radius 1 is 1.17 bits per heavy atom. The first-order chi connectivity index (χ1) is 13.9. The Labute approximate surface area is 169 Å². The second-order valence-corrected chi connectivity index (χ2v) is 7.26. The summed E-state index contributed by atoms with van der Waals surface area (Å²) in [5.74, 6) is -0.285. The van der Waals surface area contributed by atoms with Gasteiger partial charge < -0.3 is 19.5 Å². The summed E-state index contributed by atoms with van der Waals surface area (Å²) in [6.45, 7) is 1.84. The van der Waals surface area contributed by atoms with Crippen LogP contribution in [0.2, 0.25) is 0 Å². The summed E-state index contributed by atoms with van der Waals surface area (Å²) in [6, 6.07) is 12.6. The fourth-order valence-electron chi connectivity index (χ4n) is 3.53. The molecule has 1 aliphatic rings. The highest BCUT2D eigenvalue weighted by atomic mass is 16.6. The molecule has 1 heterocycles. The number of rotatable bonds is 7. The molecular formula is C21H24N4O4. The van der Waals surface area contributed by atoms with Gasteiger partial charge in [0, 0.05) is 24.2 Å². The third-order valence-electron chi connectivity index (χ3n) is 4.98. The van der Waals surface area contributed by atoms with Gasteiger partial charge in [-0.2, -0.15) is 0 Å². The van der Waals surface area contributed by atoms with Crippen LogP contribution in [-0.2, 0) is 4.79 Å². The van der Waals surface area contributed by atoms with E-state index in [2.05, 4.69) is 4.90 Å².